The SMILES string of the molecule is FCCCN1CC[C@@H](Oc2cccc(C3=CCCCc4ccccc43)c2)C1. The fraction of sp³-hybridized carbons (Fsp3) is 0.417. The van der Waals surface area contributed by atoms with Crippen molar-refractivity contribution in [3.05, 3.63) is 71.3 Å². The van der Waals surface area contributed by atoms with Gasteiger partial charge in [0, 0.05) is 19.6 Å². The molecule has 0 amide bonds. The first-order chi connectivity index (χ1) is 13.3. The number of aryl methyl sites for hydroxylation is 1. The van der Waals surface area contributed by atoms with Crippen LogP contribution in [-0.2, 0) is 6.42 Å². The minimum absolute atomic E-state index is 0.204. The summed E-state index contributed by atoms with van der Waals surface area (Å²) < 4.78 is 18.7. The lowest BCUT2D eigenvalue weighted by atomic mass is 9.94. The summed E-state index contributed by atoms with van der Waals surface area (Å²) in [4.78, 5) is 2.30. The molecule has 1 atom stereocenters. The van der Waals surface area contributed by atoms with E-state index in [1.807, 2.05) is 0 Å². The van der Waals surface area contributed by atoms with Crippen molar-refractivity contribution in [1.82, 2.24) is 4.90 Å². The van der Waals surface area contributed by atoms with Crippen molar-refractivity contribution in [2.24, 2.45) is 0 Å². The summed E-state index contributed by atoms with van der Waals surface area (Å²) in [6, 6.07) is 17.3. The second-order valence-corrected chi connectivity index (χ2v) is 7.57. The predicted octanol–water partition coefficient (Wildman–Crippen LogP) is 5.27. The predicted molar refractivity (Wildman–Crippen MR) is 109 cm³/mol. The lowest BCUT2D eigenvalue weighted by Crippen LogP contribution is -2.26. The highest BCUT2D eigenvalue weighted by Crippen LogP contribution is 2.32. The van der Waals surface area contributed by atoms with Gasteiger partial charge in [-0.1, -0.05) is 42.5 Å². The smallest absolute Gasteiger partial charge is 0.120 e. The van der Waals surface area contributed by atoms with Crippen LogP contribution in [0.1, 0.15) is 42.4 Å². The summed E-state index contributed by atoms with van der Waals surface area (Å²) in [7, 11) is 0. The molecule has 0 spiro atoms. The van der Waals surface area contributed by atoms with Gasteiger partial charge in [-0.2, -0.15) is 0 Å². The first kappa shape index (κ1) is 18.2. The van der Waals surface area contributed by atoms with Crippen LogP contribution in [0.25, 0.3) is 5.57 Å². The first-order valence-corrected chi connectivity index (χ1v) is 10.2. The van der Waals surface area contributed by atoms with E-state index in [-0.39, 0.29) is 12.8 Å². The average molecular weight is 365 g/mol. The third-order valence-corrected chi connectivity index (χ3v) is 5.59. The van der Waals surface area contributed by atoms with Crippen molar-refractivity contribution in [3.8, 4) is 5.75 Å². The van der Waals surface area contributed by atoms with Crippen molar-refractivity contribution < 1.29 is 9.13 Å². The van der Waals surface area contributed by atoms with Gasteiger partial charge >= 0.3 is 0 Å². The molecule has 2 nitrogen and oxygen atoms in total. The molecule has 4 rings (SSSR count). The fourth-order valence-corrected chi connectivity index (χ4v) is 4.23. The Bertz CT molecular complexity index is 800. The van der Waals surface area contributed by atoms with Gasteiger partial charge in [0.1, 0.15) is 11.9 Å². The van der Waals surface area contributed by atoms with Gasteiger partial charge in [-0.15, -0.1) is 0 Å². The minimum atomic E-state index is -0.235. The Balaban J connectivity index is 1.50. The van der Waals surface area contributed by atoms with E-state index in [0.29, 0.717) is 6.42 Å². The van der Waals surface area contributed by atoms with Crippen molar-refractivity contribution in [3.63, 3.8) is 0 Å². The maximum absolute atomic E-state index is 12.4. The normalized spacial score (nSPS) is 20.0. The number of fused-ring (bicyclic) bond motifs is 1. The molecule has 1 aliphatic carbocycles. The molecule has 3 heteroatoms. The third-order valence-electron chi connectivity index (χ3n) is 5.59. The standard InChI is InChI=1S/C24H28FNO/c25-14-6-15-26-16-13-22(18-26)27-21-10-5-9-20(17-21)24-12-4-2-8-19-7-1-3-11-23(19)24/h1,3,5,7,9-12,17,22H,2,4,6,8,13-16,18H2/t22-/m1/s1. The molecule has 0 saturated carbocycles. The van der Waals surface area contributed by atoms with E-state index >= 15 is 0 Å². The van der Waals surface area contributed by atoms with Gasteiger partial charge in [-0.05, 0) is 66.5 Å². The zero-order valence-corrected chi connectivity index (χ0v) is 15.9. The van der Waals surface area contributed by atoms with Gasteiger partial charge in [0.15, 0.2) is 0 Å². The van der Waals surface area contributed by atoms with Crippen LogP contribution in [0.3, 0.4) is 0 Å². The molecular formula is C24H28FNO. The quantitative estimate of drug-likeness (QED) is 0.692. The second kappa shape index (κ2) is 8.71. The highest BCUT2D eigenvalue weighted by Gasteiger charge is 2.23. The first-order valence-electron chi connectivity index (χ1n) is 10.2. The Morgan fingerprint density at radius 1 is 1.11 bits per heavy atom. The van der Waals surface area contributed by atoms with Crippen LogP contribution in [-0.4, -0.2) is 37.3 Å². The molecule has 0 radical (unpaired) electrons. The van der Waals surface area contributed by atoms with Crippen molar-refractivity contribution in [2.75, 3.05) is 26.3 Å². The van der Waals surface area contributed by atoms with E-state index in [9.17, 15) is 4.39 Å². The fourth-order valence-electron chi connectivity index (χ4n) is 4.23. The summed E-state index contributed by atoms with van der Waals surface area (Å²) >= 11 is 0. The van der Waals surface area contributed by atoms with Crippen LogP contribution < -0.4 is 4.74 Å². The number of halogens is 1. The molecule has 2 aliphatic rings. The number of nitrogens with zero attached hydrogens (tertiary/aromatic N) is 1. The summed E-state index contributed by atoms with van der Waals surface area (Å²) in [5.41, 5.74) is 5.34. The van der Waals surface area contributed by atoms with Gasteiger partial charge in [-0.3, -0.25) is 9.29 Å². The maximum atomic E-state index is 12.4. The van der Waals surface area contributed by atoms with Crippen LogP contribution in [0.4, 0.5) is 4.39 Å². The number of hydrogen-bond donors (Lipinski definition) is 0. The molecule has 2 aromatic rings. The molecule has 1 heterocycles. The molecule has 1 aliphatic heterocycles. The van der Waals surface area contributed by atoms with E-state index in [1.165, 1.54) is 28.7 Å². The monoisotopic (exact) mass is 365 g/mol. The molecule has 27 heavy (non-hydrogen) atoms. The van der Waals surface area contributed by atoms with Gasteiger partial charge in [0.2, 0.25) is 0 Å². The Labute approximate surface area is 161 Å². The van der Waals surface area contributed by atoms with E-state index < -0.39 is 0 Å². The summed E-state index contributed by atoms with van der Waals surface area (Å²) in [6.45, 7) is 2.50. The second-order valence-electron chi connectivity index (χ2n) is 7.57. The summed E-state index contributed by atoms with van der Waals surface area (Å²) in [5.74, 6) is 0.937. The van der Waals surface area contributed by atoms with Crippen LogP contribution in [0.5, 0.6) is 5.75 Å². The Kier molecular flexibility index (Phi) is 5.88. The molecule has 0 aromatic heterocycles. The number of likely N-dealkylation sites (tertiary alicyclic amines) is 1. The molecule has 1 saturated heterocycles. The van der Waals surface area contributed by atoms with E-state index in [0.717, 1.165) is 44.6 Å². The number of allylic oxidation sites excluding steroid dienone is 1. The van der Waals surface area contributed by atoms with Crippen molar-refractivity contribution in [1.29, 1.82) is 0 Å². The molecule has 142 valence electrons. The van der Waals surface area contributed by atoms with E-state index in [4.69, 9.17) is 4.74 Å². The van der Waals surface area contributed by atoms with Gasteiger partial charge in [-0.25, -0.2) is 0 Å². The largest absolute Gasteiger partial charge is 0.489 e. The molecule has 0 bridgehead atoms. The molecule has 2 aromatic carbocycles. The topological polar surface area (TPSA) is 12.5 Å². The summed E-state index contributed by atoms with van der Waals surface area (Å²) in [6.07, 6.45) is 7.67. The van der Waals surface area contributed by atoms with Gasteiger partial charge < -0.3 is 4.74 Å². The van der Waals surface area contributed by atoms with Gasteiger partial charge in [0.05, 0.1) is 6.67 Å². The number of benzene rings is 2. The maximum Gasteiger partial charge on any atom is 0.120 e. The number of ether oxygens (including phenoxy) is 1. The highest BCUT2D eigenvalue weighted by atomic mass is 19.1. The number of rotatable bonds is 6. The average Bonchev–Trinajstić information content (AvgIpc) is 3.02. The van der Waals surface area contributed by atoms with E-state index in [1.54, 1.807) is 0 Å². The number of hydrogen-bond acceptors (Lipinski definition) is 2. The lowest BCUT2D eigenvalue weighted by molar-refractivity contribution is 0.198. The van der Waals surface area contributed by atoms with Crippen molar-refractivity contribution >= 4 is 5.57 Å². The zero-order valence-electron chi connectivity index (χ0n) is 15.9. The molecule has 1 fully saturated rings. The van der Waals surface area contributed by atoms with Crippen molar-refractivity contribution in [2.45, 2.75) is 38.2 Å². The zero-order chi connectivity index (χ0) is 18.5. The third kappa shape index (κ3) is 4.41. The summed E-state index contributed by atoms with van der Waals surface area (Å²) in [5, 5.41) is 0. The Hall–Kier alpha value is -2.13. The highest BCUT2D eigenvalue weighted by molar-refractivity contribution is 5.82. The molecular weight excluding hydrogens is 337 g/mol. The van der Waals surface area contributed by atoms with Crippen LogP contribution in [0.15, 0.2) is 54.6 Å². The Morgan fingerprint density at radius 2 is 2.04 bits per heavy atom. The number of alkyl halides is 1. The molecule has 0 unspecified atom stereocenters. The Morgan fingerprint density at radius 3 is 2.96 bits per heavy atom. The minimum Gasteiger partial charge on any atom is -0.489 e. The molecule has 0 N–H and O–H groups in total. The van der Waals surface area contributed by atoms with Crippen LogP contribution in [0, 0.1) is 0 Å². The van der Waals surface area contributed by atoms with Crippen LogP contribution in [0.2, 0.25) is 0 Å². The van der Waals surface area contributed by atoms with Gasteiger partial charge in [0.25, 0.3) is 0 Å². The van der Waals surface area contributed by atoms with E-state index in [2.05, 4.69) is 59.5 Å². The lowest BCUT2D eigenvalue weighted by Gasteiger charge is -2.17. The van der Waals surface area contributed by atoms with Crippen LogP contribution >= 0.6 is 0 Å².